The molecule has 0 bridgehead atoms. The van der Waals surface area contributed by atoms with Crippen molar-refractivity contribution in [3.8, 4) is 0 Å². The van der Waals surface area contributed by atoms with Gasteiger partial charge >= 0.3 is 0 Å². The molecule has 2 heterocycles. The lowest BCUT2D eigenvalue weighted by molar-refractivity contribution is 0.0125. The zero-order valence-corrected chi connectivity index (χ0v) is 10.8. The predicted octanol–water partition coefficient (Wildman–Crippen LogP) is -0.0444. The number of aryl methyl sites for hydroxylation is 1. The number of sulfonamides is 1. The van der Waals surface area contributed by atoms with E-state index in [0.29, 0.717) is 25.9 Å². The molecule has 96 valence electrons. The third-order valence-electron chi connectivity index (χ3n) is 3.18. The van der Waals surface area contributed by atoms with Crippen molar-refractivity contribution in [1.82, 2.24) is 14.1 Å². The molecule has 0 unspecified atom stereocenters. The molecule has 0 atom stereocenters. The summed E-state index contributed by atoms with van der Waals surface area (Å²) in [6.45, 7) is 2.43. The van der Waals surface area contributed by atoms with E-state index in [-0.39, 0.29) is 5.03 Å². The van der Waals surface area contributed by atoms with Gasteiger partial charge in [0.25, 0.3) is 10.0 Å². The van der Waals surface area contributed by atoms with Crippen LogP contribution in [0.15, 0.2) is 17.3 Å². The molecule has 2 rings (SSSR count). The van der Waals surface area contributed by atoms with Gasteiger partial charge in [0.1, 0.15) is 0 Å². The molecule has 0 radical (unpaired) electrons. The first-order valence-corrected chi connectivity index (χ1v) is 6.97. The molecule has 6 nitrogen and oxygen atoms in total. The average molecular weight is 259 g/mol. The molecule has 0 aliphatic carbocycles. The van der Waals surface area contributed by atoms with Crippen LogP contribution in [-0.4, -0.2) is 46.3 Å². The Morgan fingerprint density at radius 3 is 2.47 bits per heavy atom. The van der Waals surface area contributed by atoms with Crippen molar-refractivity contribution in [2.75, 3.05) is 13.1 Å². The smallest absolute Gasteiger partial charge is 0.260 e. The summed E-state index contributed by atoms with van der Waals surface area (Å²) in [4.78, 5) is 0. The fraction of sp³-hybridized carbons (Fsp3) is 0.700. The summed E-state index contributed by atoms with van der Waals surface area (Å²) < 4.78 is 27.3. The molecule has 1 fully saturated rings. The summed E-state index contributed by atoms with van der Waals surface area (Å²) in [7, 11) is -1.87. The fourth-order valence-corrected chi connectivity index (χ4v) is 3.50. The zero-order valence-electron chi connectivity index (χ0n) is 10.00. The quantitative estimate of drug-likeness (QED) is 0.808. The molecule has 0 saturated carbocycles. The summed E-state index contributed by atoms with van der Waals surface area (Å²) in [5.41, 5.74) is -0.752. The Labute approximate surface area is 101 Å². The van der Waals surface area contributed by atoms with Gasteiger partial charge in [-0.1, -0.05) is 0 Å². The maximum Gasteiger partial charge on any atom is 0.260 e. The summed E-state index contributed by atoms with van der Waals surface area (Å²) in [5.74, 6) is 0. The highest BCUT2D eigenvalue weighted by Crippen LogP contribution is 2.25. The van der Waals surface area contributed by atoms with Crippen LogP contribution in [0.3, 0.4) is 0 Å². The van der Waals surface area contributed by atoms with Crippen molar-refractivity contribution in [2.45, 2.75) is 30.4 Å². The van der Waals surface area contributed by atoms with E-state index in [1.807, 2.05) is 0 Å². The number of aliphatic hydroxyl groups is 1. The summed E-state index contributed by atoms with van der Waals surface area (Å²) in [5, 5.41) is 13.9. The lowest BCUT2D eigenvalue weighted by Gasteiger charge is -2.34. The van der Waals surface area contributed by atoms with Crippen LogP contribution in [0, 0.1) is 0 Å². The van der Waals surface area contributed by atoms with Crippen molar-refractivity contribution in [2.24, 2.45) is 7.05 Å². The monoisotopic (exact) mass is 259 g/mol. The maximum absolute atomic E-state index is 12.3. The number of hydrogen-bond donors (Lipinski definition) is 1. The van der Waals surface area contributed by atoms with Crippen LogP contribution in [0.1, 0.15) is 19.8 Å². The highest BCUT2D eigenvalue weighted by Gasteiger charge is 2.35. The second-order valence-corrected chi connectivity index (χ2v) is 6.58. The largest absolute Gasteiger partial charge is 0.390 e. The number of piperidine rings is 1. The molecule has 1 N–H and O–H groups in total. The Hall–Kier alpha value is -0.920. The summed E-state index contributed by atoms with van der Waals surface area (Å²) in [6.07, 6.45) is 2.39. The van der Waals surface area contributed by atoms with Gasteiger partial charge in [0.15, 0.2) is 5.03 Å². The Morgan fingerprint density at radius 1 is 1.41 bits per heavy atom. The first-order chi connectivity index (χ1) is 7.83. The molecule has 1 aliphatic rings. The second kappa shape index (κ2) is 4.08. The molecule has 7 heteroatoms. The molecule has 17 heavy (non-hydrogen) atoms. The average Bonchev–Trinajstić information content (AvgIpc) is 2.64. The maximum atomic E-state index is 12.3. The SMILES string of the molecule is Cn1nccc1S(=O)(=O)N1CCC(C)(O)CC1. The molecule has 1 aromatic rings. The highest BCUT2D eigenvalue weighted by molar-refractivity contribution is 7.89. The molecule has 1 aliphatic heterocycles. The van der Waals surface area contributed by atoms with E-state index < -0.39 is 15.6 Å². The van der Waals surface area contributed by atoms with Crippen molar-refractivity contribution < 1.29 is 13.5 Å². The van der Waals surface area contributed by atoms with E-state index in [0.717, 1.165) is 0 Å². The number of nitrogens with zero attached hydrogens (tertiary/aromatic N) is 3. The van der Waals surface area contributed by atoms with Gasteiger partial charge in [0.2, 0.25) is 0 Å². The topological polar surface area (TPSA) is 75.4 Å². The molecule has 1 aromatic heterocycles. The van der Waals surface area contributed by atoms with E-state index in [2.05, 4.69) is 5.10 Å². The summed E-state index contributed by atoms with van der Waals surface area (Å²) in [6, 6.07) is 1.49. The Bertz CT molecular complexity index is 497. The molecule has 0 aromatic carbocycles. The van der Waals surface area contributed by atoms with Crippen LogP contribution >= 0.6 is 0 Å². The fourth-order valence-electron chi connectivity index (χ4n) is 1.96. The molecule has 0 spiro atoms. The lowest BCUT2D eigenvalue weighted by atomic mass is 9.95. The molecule has 1 saturated heterocycles. The Morgan fingerprint density at radius 2 is 2.00 bits per heavy atom. The van der Waals surface area contributed by atoms with Crippen molar-refractivity contribution >= 4 is 10.0 Å². The standard InChI is InChI=1S/C10H17N3O3S/c1-10(14)4-7-13(8-5-10)17(15,16)9-3-6-11-12(9)2/h3,6,14H,4-5,7-8H2,1-2H3. The van der Waals surface area contributed by atoms with Gasteiger partial charge in [0, 0.05) is 20.1 Å². The van der Waals surface area contributed by atoms with E-state index in [4.69, 9.17) is 0 Å². The molecular weight excluding hydrogens is 242 g/mol. The van der Waals surface area contributed by atoms with Crippen LogP contribution in [0.2, 0.25) is 0 Å². The van der Waals surface area contributed by atoms with Gasteiger partial charge in [-0.05, 0) is 25.8 Å². The third-order valence-corrected chi connectivity index (χ3v) is 5.15. The van der Waals surface area contributed by atoms with Crippen LogP contribution in [-0.2, 0) is 17.1 Å². The van der Waals surface area contributed by atoms with E-state index in [1.54, 1.807) is 14.0 Å². The zero-order chi connectivity index (χ0) is 12.7. The third kappa shape index (κ3) is 2.36. The van der Waals surface area contributed by atoms with Gasteiger partial charge < -0.3 is 5.11 Å². The van der Waals surface area contributed by atoms with Crippen LogP contribution in [0.25, 0.3) is 0 Å². The first kappa shape index (κ1) is 12.5. The molecular formula is C10H17N3O3S. The minimum absolute atomic E-state index is 0.194. The van der Waals surface area contributed by atoms with Gasteiger partial charge in [-0.15, -0.1) is 0 Å². The van der Waals surface area contributed by atoms with Gasteiger partial charge in [0.05, 0.1) is 11.8 Å². The predicted molar refractivity (Wildman–Crippen MR) is 61.8 cm³/mol. The van der Waals surface area contributed by atoms with E-state index in [9.17, 15) is 13.5 Å². The van der Waals surface area contributed by atoms with Gasteiger partial charge in [-0.25, -0.2) is 8.42 Å². The van der Waals surface area contributed by atoms with Crippen molar-refractivity contribution in [3.63, 3.8) is 0 Å². The van der Waals surface area contributed by atoms with Crippen molar-refractivity contribution in [3.05, 3.63) is 12.3 Å². The molecule has 0 amide bonds. The Kier molecular flexibility index (Phi) is 3.01. The van der Waals surface area contributed by atoms with E-state index in [1.165, 1.54) is 21.3 Å². The van der Waals surface area contributed by atoms with Crippen LogP contribution in [0.5, 0.6) is 0 Å². The Balaban J connectivity index is 2.22. The van der Waals surface area contributed by atoms with Gasteiger partial charge in [-0.2, -0.15) is 9.40 Å². The van der Waals surface area contributed by atoms with E-state index >= 15 is 0 Å². The second-order valence-electron chi connectivity index (χ2n) is 4.69. The normalized spacial score (nSPS) is 21.6. The number of hydrogen-bond acceptors (Lipinski definition) is 4. The lowest BCUT2D eigenvalue weighted by Crippen LogP contribution is -2.45. The van der Waals surface area contributed by atoms with Crippen molar-refractivity contribution in [1.29, 1.82) is 0 Å². The van der Waals surface area contributed by atoms with Crippen LogP contribution < -0.4 is 0 Å². The van der Waals surface area contributed by atoms with Crippen LogP contribution in [0.4, 0.5) is 0 Å². The van der Waals surface area contributed by atoms with Gasteiger partial charge in [-0.3, -0.25) is 4.68 Å². The minimum Gasteiger partial charge on any atom is -0.390 e. The number of aromatic nitrogens is 2. The highest BCUT2D eigenvalue weighted by atomic mass is 32.2. The first-order valence-electron chi connectivity index (χ1n) is 5.53. The number of rotatable bonds is 2. The minimum atomic E-state index is -3.48. The summed E-state index contributed by atoms with van der Waals surface area (Å²) >= 11 is 0.